The van der Waals surface area contributed by atoms with E-state index in [9.17, 15) is 71.8 Å². The average molecular weight is 1080 g/mol. The lowest BCUT2D eigenvalue weighted by Gasteiger charge is -2.19. The fraction of sp³-hybridized carbons (Fsp3) is 0.240. The summed E-state index contributed by atoms with van der Waals surface area (Å²) in [6.07, 6.45) is -16.7. The standard InChI is InChI=1S/C27H21F9N4O2.C23H18F4N4O3/c1-15-11-16(5-6-19(15)22(41)7-8-25(29,30)27(34,35)36)21-14-38-24-20(37-10-9-26(31,32)33)13-23(39-40(21)24)42-18-4-2-3-17(28)12-18;1-13-9-14(5-6-17(13)22(32)33)19-12-29-21-18(28-8-7-23(25,26)27)11-20(30-31(19)21)34-16-4-2-3-15(24)10-16/h2-6,11-14,37H,7-10H2,1H3;2-6,9-12,28H,7-8H2,1H3,(H,32,33). The minimum Gasteiger partial charge on any atom is -0.478 e. The van der Waals surface area contributed by atoms with E-state index in [4.69, 9.17) is 9.47 Å². The molecule has 76 heavy (non-hydrogen) atoms. The second-order valence-electron chi connectivity index (χ2n) is 16.7. The predicted molar refractivity (Wildman–Crippen MR) is 249 cm³/mol. The van der Waals surface area contributed by atoms with Gasteiger partial charge in [-0.3, -0.25) is 4.79 Å². The van der Waals surface area contributed by atoms with Crippen molar-refractivity contribution >= 4 is 34.4 Å². The Morgan fingerprint density at radius 1 is 0.579 bits per heavy atom. The Balaban J connectivity index is 0.000000226. The van der Waals surface area contributed by atoms with Crippen molar-refractivity contribution < 1.29 is 81.2 Å². The van der Waals surface area contributed by atoms with E-state index in [2.05, 4.69) is 30.8 Å². The number of ether oxygens (including phenoxy) is 2. The topological polar surface area (TPSA) is 157 Å². The third kappa shape index (κ3) is 13.8. The molecule has 4 heterocycles. The molecule has 0 atom stereocenters. The monoisotopic (exact) mass is 1080 g/mol. The van der Waals surface area contributed by atoms with Gasteiger partial charge in [-0.05, 0) is 67.4 Å². The Morgan fingerprint density at radius 3 is 1.39 bits per heavy atom. The van der Waals surface area contributed by atoms with Gasteiger partial charge in [-0.1, -0.05) is 30.3 Å². The molecule has 0 amide bonds. The first-order chi connectivity index (χ1) is 35.6. The minimum absolute atomic E-state index is 0.00858. The SMILES string of the molecule is Cc1cc(-c2cnc3c(NCCC(F)(F)F)cc(Oc4cccc(F)c4)nn23)ccc1C(=O)CCC(F)(F)C(F)(F)F.Cc1cc(-c2cnc3c(NCCC(F)(F)F)cc(Oc4cccc(F)c4)nn23)ccc1C(=O)O. The molecule has 8 aromatic rings. The van der Waals surface area contributed by atoms with E-state index in [-0.39, 0.29) is 68.3 Å². The largest absolute Gasteiger partial charge is 0.478 e. The summed E-state index contributed by atoms with van der Waals surface area (Å²) in [7, 11) is 0. The first kappa shape index (κ1) is 55.3. The van der Waals surface area contributed by atoms with Crippen LogP contribution in [0.5, 0.6) is 23.3 Å². The van der Waals surface area contributed by atoms with Crippen molar-refractivity contribution in [1.82, 2.24) is 29.2 Å². The summed E-state index contributed by atoms with van der Waals surface area (Å²) in [6, 6.07) is 21.9. The summed E-state index contributed by atoms with van der Waals surface area (Å²) in [6.45, 7) is 2.19. The third-order valence-electron chi connectivity index (χ3n) is 11.0. The average Bonchev–Trinajstić information content (AvgIpc) is 3.95. The number of aryl methyl sites for hydroxylation is 2. The number of carboxylic acid groups (broad SMARTS) is 1. The van der Waals surface area contributed by atoms with Crippen LogP contribution in [0.3, 0.4) is 0 Å². The van der Waals surface area contributed by atoms with E-state index < -0.39 is 86.6 Å². The number of hydrogen-bond acceptors (Lipinski definition) is 10. The molecule has 4 aromatic carbocycles. The normalized spacial score (nSPS) is 12.1. The van der Waals surface area contributed by atoms with Crippen molar-refractivity contribution in [3.8, 4) is 45.8 Å². The number of carbonyl (C=O) groups is 2. The molecule has 0 aliphatic rings. The smallest absolute Gasteiger partial charge is 0.453 e. The van der Waals surface area contributed by atoms with Crippen LogP contribution < -0.4 is 20.1 Å². The van der Waals surface area contributed by atoms with Crippen LogP contribution in [0.25, 0.3) is 33.8 Å². The van der Waals surface area contributed by atoms with Crippen LogP contribution in [0.1, 0.15) is 57.5 Å². The summed E-state index contributed by atoms with van der Waals surface area (Å²) >= 11 is 0. The number of carbonyl (C=O) groups excluding carboxylic acids is 1. The van der Waals surface area contributed by atoms with E-state index in [1.807, 2.05) is 0 Å². The van der Waals surface area contributed by atoms with Crippen molar-refractivity contribution in [2.24, 2.45) is 0 Å². The Kier molecular flexibility index (Phi) is 16.1. The molecular weight excluding hydrogens is 1040 g/mol. The van der Waals surface area contributed by atoms with Crippen molar-refractivity contribution in [2.45, 2.75) is 64.0 Å². The highest BCUT2D eigenvalue weighted by Crippen LogP contribution is 2.40. The van der Waals surface area contributed by atoms with Gasteiger partial charge in [-0.2, -0.15) is 48.3 Å². The molecule has 8 rings (SSSR count). The molecule has 3 N–H and O–H groups in total. The van der Waals surface area contributed by atoms with Crippen LogP contribution in [0.4, 0.5) is 68.5 Å². The quantitative estimate of drug-likeness (QED) is 0.0589. The van der Waals surface area contributed by atoms with Crippen LogP contribution in [0, 0.1) is 25.5 Å². The van der Waals surface area contributed by atoms with Crippen molar-refractivity contribution in [1.29, 1.82) is 0 Å². The third-order valence-corrected chi connectivity index (χ3v) is 11.0. The first-order valence-electron chi connectivity index (χ1n) is 22.3. The second-order valence-corrected chi connectivity index (χ2v) is 16.7. The van der Waals surface area contributed by atoms with Gasteiger partial charge in [-0.15, -0.1) is 10.2 Å². The minimum atomic E-state index is -5.78. The summed E-state index contributed by atoms with van der Waals surface area (Å²) in [5.41, 5.74) is 3.23. The van der Waals surface area contributed by atoms with Gasteiger partial charge in [0.2, 0.25) is 11.8 Å². The zero-order valence-corrected chi connectivity index (χ0v) is 39.3. The van der Waals surface area contributed by atoms with Gasteiger partial charge in [0.1, 0.15) is 23.1 Å². The van der Waals surface area contributed by atoms with E-state index in [0.717, 1.165) is 12.1 Å². The lowest BCUT2D eigenvalue weighted by molar-refractivity contribution is -0.283. The molecular formula is C50H39F13N8O5. The van der Waals surface area contributed by atoms with Crippen molar-refractivity contribution in [3.63, 3.8) is 0 Å². The number of aromatic carboxylic acids is 1. The summed E-state index contributed by atoms with van der Waals surface area (Å²) in [5.74, 6) is -8.07. The van der Waals surface area contributed by atoms with E-state index in [1.54, 1.807) is 19.1 Å². The van der Waals surface area contributed by atoms with Crippen molar-refractivity contribution in [3.05, 3.63) is 143 Å². The zero-order chi connectivity index (χ0) is 55.3. The Labute approximate surface area is 420 Å². The second kappa shape index (κ2) is 22.2. The van der Waals surface area contributed by atoms with Gasteiger partial charge < -0.3 is 25.2 Å². The summed E-state index contributed by atoms with van der Waals surface area (Å²) < 4.78 is 181. The molecule has 0 unspecified atom stereocenters. The number of imidazole rings is 2. The number of hydrogen-bond donors (Lipinski definition) is 3. The van der Waals surface area contributed by atoms with E-state index in [0.29, 0.717) is 22.4 Å². The molecule has 0 spiro atoms. The fourth-order valence-electron chi connectivity index (χ4n) is 7.37. The fourth-order valence-corrected chi connectivity index (χ4v) is 7.37. The molecule has 0 bridgehead atoms. The summed E-state index contributed by atoms with van der Waals surface area (Å²) in [4.78, 5) is 32.3. The lowest BCUT2D eigenvalue weighted by atomic mass is 9.97. The first-order valence-corrected chi connectivity index (χ1v) is 22.3. The number of nitrogens with zero attached hydrogens (tertiary/aromatic N) is 6. The summed E-state index contributed by atoms with van der Waals surface area (Å²) in [5, 5.41) is 23.3. The zero-order valence-electron chi connectivity index (χ0n) is 39.3. The van der Waals surface area contributed by atoms with E-state index in [1.165, 1.54) is 101 Å². The van der Waals surface area contributed by atoms with Gasteiger partial charge in [0.15, 0.2) is 17.1 Å². The lowest BCUT2D eigenvalue weighted by Crippen LogP contribution is -2.36. The number of anilines is 2. The molecule has 0 aliphatic heterocycles. The van der Waals surface area contributed by atoms with Gasteiger partial charge in [0, 0.05) is 66.9 Å². The Bertz CT molecular complexity index is 3410. The van der Waals surface area contributed by atoms with Crippen LogP contribution in [-0.2, 0) is 0 Å². The number of alkyl halides is 11. The van der Waals surface area contributed by atoms with Crippen molar-refractivity contribution in [2.75, 3.05) is 23.7 Å². The van der Waals surface area contributed by atoms with Crippen LogP contribution >= 0.6 is 0 Å². The number of halogens is 13. The molecule has 0 aliphatic carbocycles. The van der Waals surface area contributed by atoms with E-state index >= 15 is 0 Å². The van der Waals surface area contributed by atoms with Gasteiger partial charge in [-0.25, -0.2) is 32.6 Å². The highest BCUT2D eigenvalue weighted by Gasteiger charge is 2.56. The van der Waals surface area contributed by atoms with Gasteiger partial charge in [0.05, 0.1) is 53.6 Å². The van der Waals surface area contributed by atoms with Crippen LogP contribution in [-0.4, -0.2) is 83.6 Å². The Morgan fingerprint density at radius 2 is 1.01 bits per heavy atom. The van der Waals surface area contributed by atoms with Crippen LogP contribution in [0.2, 0.25) is 0 Å². The highest BCUT2D eigenvalue weighted by molar-refractivity contribution is 5.98. The Hall–Kier alpha value is -8.45. The van der Waals surface area contributed by atoms with Gasteiger partial charge in [0.25, 0.3) is 0 Å². The number of fused-ring (bicyclic) bond motifs is 2. The van der Waals surface area contributed by atoms with Crippen LogP contribution in [0.15, 0.2) is 109 Å². The molecule has 400 valence electrons. The number of benzene rings is 4. The number of nitrogens with one attached hydrogen (secondary N) is 2. The van der Waals surface area contributed by atoms with Gasteiger partial charge >= 0.3 is 30.4 Å². The number of ketones is 1. The molecule has 0 saturated carbocycles. The number of aromatic nitrogens is 6. The predicted octanol–water partition coefficient (Wildman–Crippen LogP) is 13.9. The molecule has 13 nitrogen and oxygen atoms in total. The highest BCUT2D eigenvalue weighted by atomic mass is 19.4. The number of rotatable bonds is 17. The maximum absolute atomic E-state index is 13.7. The molecule has 0 radical (unpaired) electrons. The maximum atomic E-state index is 13.7. The maximum Gasteiger partial charge on any atom is 0.453 e. The number of carboxylic acids is 1. The molecule has 0 fully saturated rings. The molecule has 26 heteroatoms. The number of Topliss-reactive ketones (excluding diaryl/α,β-unsaturated/α-hetero) is 1. The molecule has 0 saturated heterocycles. The molecule has 4 aromatic heterocycles.